The molecule has 0 N–H and O–H groups in total. The molecule has 156 valence electrons. The van der Waals surface area contributed by atoms with Crippen molar-refractivity contribution < 1.29 is 0 Å². The Morgan fingerprint density at radius 1 is 0.900 bits per heavy atom. The van der Waals surface area contributed by atoms with E-state index in [1.54, 1.807) is 11.3 Å². The molecule has 0 spiro atoms. The van der Waals surface area contributed by atoms with E-state index in [1.807, 2.05) is 12.1 Å². The summed E-state index contributed by atoms with van der Waals surface area (Å²) in [5.41, 5.74) is 3.65. The highest BCUT2D eigenvalue weighted by Gasteiger charge is 2.26. The van der Waals surface area contributed by atoms with Gasteiger partial charge in [0.15, 0.2) is 5.82 Å². The van der Waals surface area contributed by atoms with E-state index in [0.717, 1.165) is 60.7 Å². The number of nitrogens with zero attached hydrogens (tertiary/aromatic N) is 4. The number of benzene rings is 1. The Morgan fingerprint density at radius 2 is 1.70 bits per heavy atom. The first-order valence-electron chi connectivity index (χ1n) is 10.9. The monoisotopic (exact) mass is 438 g/mol. The van der Waals surface area contributed by atoms with Gasteiger partial charge >= 0.3 is 0 Å². The molecule has 2 aliphatic heterocycles. The first kappa shape index (κ1) is 20.0. The van der Waals surface area contributed by atoms with Crippen molar-refractivity contribution in [3.8, 4) is 11.4 Å². The Labute approximate surface area is 187 Å². The largest absolute Gasteiger partial charge is 0.356 e. The van der Waals surface area contributed by atoms with E-state index >= 15 is 0 Å². The van der Waals surface area contributed by atoms with Gasteiger partial charge in [-0.25, -0.2) is 9.97 Å². The lowest BCUT2D eigenvalue weighted by Crippen LogP contribution is -2.34. The zero-order valence-electron chi connectivity index (χ0n) is 17.2. The summed E-state index contributed by atoms with van der Waals surface area (Å²) in [6, 6.07) is 14.6. The van der Waals surface area contributed by atoms with Crippen molar-refractivity contribution in [3.63, 3.8) is 0 Å². The molecular weight excluding hydrogens is 412 g/mol. The topological polar surface area (TPSA) is 32.3 Å². The summed E-state index contributed by atoms with van der Waals surface area (Å²) >= 11 is 7.83. The molecule has 1 aromatic carbocycles. The number of hydrogen-bond donors (Lipinski definition) is 0. The molecule has 0 atom stereocenters. The number of aromatic nitrogens is 2. The summed E-state index contributed by atoms with van der Waals surface area (Å²) in [6.45, 7) is 5.06. The molecule has 2 aliphatic rings. The van der Waals surface area contributed by atoms with Crippen molar-refractivity contribution in [2.75, 3.05) is 24.5 Å². The van der Waals surface area contributed by atoms with Crippen molar-refractivity contribution in [3.05, 3.63) is 62.9 Å². The zero-order valence-corrected chi connectivity index (χ0v) is 18.8. The van der Waals surface area contributed by atoms with Gasteiger partial charge in [-0.1, -0.05) is 54.8 Å². The summed E-state index contributed by atoms with van der Waals surface area (Å²) in [4.78, 5) is 16.5. The lowest BCUT2D eigenvalue weighted by Gasteiger charge is -2.32. The second kappa shape index (κ2) is 9.04. The molecule has 0 bridgehead atoms. The molecule has 0 aliphatic carbocycles. The van der Waals surface area contributed by atoms with Gasteiger partial charge in [-0.15, -0.1) is 11.3 Å². The molecule has 4 nitrogen and oxygen atoms in total. The highest BCUT2D eigenvalue weighted by molar-refractivity contribution is 7.16. The van der Waals surface area contributed by atoms with E-state index in [2.05, 4.69) is 40.1 Å². The second-order valence-electron chi connectivity index (χ2n) is 8.23. The van der Waals surface area contributed by atoms with Crippen LogP contribution in [0.15, 0.2) is 42.5 Å². The van der Waals surface area contributed by atoms with Crippen LogP contribution in [0.2, 0.25) is 4.34 Å². The molecule has 30 heavy (non-hydrogen) atoms. The van der Waals surface area contributed by atoms with Gasteiger partial charge in [0.25, 0.3) is 0 Å². The average molecular weight is 439 g/mol. The maximum atomic E-state index is 6.15. The predicted molar refractivity (Wildman–Crippen MR) is 125 cm³/mol. The molecule has 5 rings (SSSR count). The van der Waals surface area contributed by atoms with Gasteiger partial charge < -0.3 is 4.90 Å². The summed E-state index contributed by atoms with van der Waals surface area (Å²) < 4.78 is 0.864. The van der Waals surface area contributed by atoms with Crippen LogP contribution in [-0.4, -0.2) is 34.5 Å². The average Bonchev–Trinajstić information content (AvgIpc) is 3.01. The molecule has 0 radical (unpaired) electrons. The van der Waals surface area contributed by atoms with E-state index in [9.17, 15) is 0 Å². The Balaban J connectivity index is 1.49. The maximum absolute atomic E-state index is 6.15. The van der Waals surface area contributed by atoms with Crippen LogP contribution in [0.5, 0.6) is 0 Å². The van der Waals surface area contributed by atoms with Gasteiger partial charge in [-0.2, -0.15) is 0 Å². The lowest BCUT2D eigenvalue weighted by molar-refractivity contribution is 0.245. The SMILES string of the molecule is Clc1ccc(CN2CCc3nc(-c4ccccc4)nc(N4CCCCCC4)c3C2)s1. The molecular formula is C24H27ClN4S. The van der Waals surface area contributed by atoms with Crippen LogP contribution in [0.25, 0.3) is 11.4 Å². The van der Waals surface area contributed by atoms with E-state index in [4.69, 9.17) is 21.6 Å². The first-order valence-corrected chi connectivity index (χ1v) is 12.1. The van der Waals surface area contributed by atoms with E-state index in [-0.39, 0.29) is 0 Å². The van der Waals surface area contributed by atoms with Gasteiger partial charge in [0.1, 0.15) is 5.82 Å². The fraction of sp³-hybridized carbons (Fsp3) is 0.417. The van der Waals surface area contributed by atoms with Crippen LogP contribution in [0, 0.1) is 0 Å². The molecule has 0 saturated carbocycles. The number of anilines is 1. The van der Waals surface area contributed by atoms with Crippen LogP contribution < -0.4 is 4.90 Å². The summed E-state index contributed by atoms with van der Waals surface area (Å²) in [5.74, 6) is 2.03. The quantitative estimate of drug-likeness (QED) is 0.515. The van der Waals surface area contributed by atoms with Gasteiger partial charge in [0.05, 0.1) is 10.0 Å². The van der Waals surface area contributed by atoms with Crippen molar-refractivity contribution >= 4 is 28.8 Å². The fourth-order valence-electron chi connectivity index (χ4n) is 4.51. The van der Waals surface area contributed by atoms with E-state index < -0.39 is 0 Å². The highest BCUT2D eigenvalue weighted by Crippen LogP contribution is 2.32. The summed E-state index contributed by atoms with van der Waals surface area (Å²) in [6.07, 6.45) is 6.10. The van der Waals surface area contributed by atoms with Crippen molar-refractivity contribution in [1.29, 1.82) is 0 Å². The number of fused-ring (bicyclic) bond motifs is 1. The van der Waals surface area contributed by atoms with E-state index in [1.165, 1.54) is 41.8 Å². The Hall–Kier alpha value is -1.95. The third-order valence-corrected chi connectivity index (χ3v) is 7.28. The normalized spacial score (nSPS) is 17.6. The molecule has 2 aromatic heterocycles. The standard InChI is InChI=1S/C24H27ClN4S/c25-22-11-10-19(30-22)16-28-15-12-21-20(17-28)24(29-13-6-1-2-7-14-29)27-23(26-21)18-8-4-3-5-9-18/h3-5,8-11H,1-2,6-7,12-17H2. The molecule has 1 saturated heterocycles. The van der Waals surface area contributed by atoms with Crippen LogP contribution in [0.4, 0.5) is 5.82 Å². The van der Waals surface area contributed by atoms with Gasteiger partial charge in [0, 0.05) is 55.1 Å². The Bertz CT molecular complexity index is 996. The van der Waals surface area contributed by atoms with Crippen LogP contribution in [0.1, 0.15) is 41.8 Å². The highest BCUT2D eigenvalue weighted by atomic mass is 35.5. The molecule has 1 fully saturated rings. The van der Waals surface area contributed by atoms with Gasteiger partial charge in [-0.05, 0) is 25.0 Å². The summed E-state index contributed by atoms with van der Waals surface area (Å²) in [5, 5.41) is 0. The molecule has 0 unspecified atom stereocenters. The van der Waals surface area contributed by atoms with Gasteiger partial charge in [0.2, 0.25) is 0 Å². The number of rotatable bonds is 4. The number of hydrogen-bond acceptors (Lipinski definition) is 5. The van der Waals surface area contributed by atoms with Crippen molar-refractivity contribution in [2.45, 2.75) is 45.2 Å². The first-order chi connectivity index (χ1) is 14.8. The molecule has 4 heterocycles. The van der Waals surface area contributed by atoms with Crippen molar-refractivity contribution in [2.24, 2.45) is 0 Å². The Morgan fingerprint density at radius 3 is 2.43 bits per heavy atom. The molecule has 0 amide bonds. The summed E-state index contributed by atoms with van der Waals surface area (Å²) in [7, 11) is 0. The molecule has 6 heteroatoms. The van der Waals surface area contributed by atoms with Crippen molar-refractivity contribution in [1.82, 2.24) is 14.9 Å². The second-order valence-corrected chi connectivity index (χ2v) is 10.0. The fourth-order valence-corrected chi connectivity index (χ4v) is 5.64. The minimum absolute atomic E-state index is 0.864. The van der Waals surface area contributed by atoms with Crippen LogP contribution in [0.3, 0.4) is 0 Å². The minimum Gasteiger partial charge on any atom is -0.356 e. The van der Waals surface area contributed by atoms with Crippen LogP contribution in [-0.2, 0) is 19.5 Å². The zero-order chi connectivity index (χ0) is 20.3. The maximum Gasteiger partial charge on any atom is 0.161 e. The lowest BCUT2D eigenvalue weighted by atomic mass is 10.0. The van der Waals surface area contributed by atoms with E-state index in [0.29, 0.717) is 0 Å². The minimum atomic E-state index is 0.864. The van der Waals surface area contributed by atoms with Crippen LogP contribution >= 0.6 is 22.9 Å². The number of thiophene rings is 1. The predicted octanol–water partition coefficient (Wildman–Crippen LogP) is 5.80. The third-order valence-electron chi connectivity index (χ3n) is 6.06. The smallest absolute Gasteiger partial charge is 0.161 e. The molecule has 3 aromatic rings. The van der Waals surface area contributed by atoms with Gasteiger partial charge in [-0.3, -0.25) is 4.90 Å². The number of halogens is 1. The third kappa shape index (κ3) is 4.39. The Kier molecular flexibility index (Phi) is 6.02.